The van der Waals surface area contributed by atoms with Crippen molar-refractivity contribution in [3.8, 4) is 0 Å². The molecule has 0 saturated carbocycles. The summed E-state index contributed by atoms with van der Waals surface area (Å²) in [6.45, 7) is 3.88. The zero-order valence-corrected chi connectivity index (χ0v) is 11.9. The third kappa shape index (κ3) is 2.62. The van der Waals surface area contributed by atoms with Crippen molar-refractivity contribution >= 4 is 0 Å². The molecule has 20 heavy (non-hydrogen) atoms. The average molecular weight is 267 g/mol. The normalized spacial score (nSPS) is 19.4. The van der Waals surface area contributed by atoms with Gasteiger partial charge in [-0.15, -0.1) is 0 Å². The van der Waals surface area contributed by atoms with Gasteiger partial charge < -0.3 is 10.1 Å². The van der Waals surface area contributed by atoms with Crippen LogP contribution in [0.2, 0.25) is 0 Å². The van der Waals surface area contributed by atoms with E-state index >= 15 is 0 Å². The van der Waals surface area contributed by atoms with Crippen molar-refractivity contribution in [1.29, 1.82) is 0 Å². The van der Waals surface area contributed by atoms with Crippen LogP contribution in [0.3, 0.4) is 0 Å². The molecular weight excluding hydrogens is 246 g/mol. The number of fused-ring (bicyclic) bond motifs is 1. The molecule has 0 fully saturated rings. The Kier molecular flexibility index (Phi) is 4.14. The minimum absolute atomic E-state index is 0.0994. The average Bonchev–Trinajstić information content (AvgIpc) is 2.53. The minimum Gasteiger partial charge on any atom is -0.371 e. The van der Waals surface area contributed by atoms with Gasteiger partial charge in [0.25, 0.3) is 0 Å². The third-order valence-corrected chi connectivity index (χ3v) is 3.92. The Bertz CT molecular complexity index is 552. The second-order valence-corrected chi connectivity index (χ2v) is 5.19. The van der Waals surface area contributed by atoms with Crippen molar-refractivity contribution in [2.45, 2.75) is 25.5 Å². The van der Waals surface area contributed by atoms with E-state index in [1.165, 1.54) is 16.7 Å². The maximum atomic E-state index is 6.11. The molecule has 2 aromatic rings. The molecule has 3 rings (SSSR count). The summed E-state index contributed by atoms with van der Waals surface area (Å²) in [7, 11) is 0. The molecule has 0 spiro atoms. The van der Waals surface area contributed by atoms with E-state index in [-0.39, 0.29) is 12.1 Å². The molecule has 0 bridgehead atoms. The zero-order valence-electron chi connectivity index (χ0n) is 11.9. The Balaban J connectivity index is 1.97. The molecule has 0 radical (unpaired) electrons. The summed E-state index contributed by atoms with van der Waals surface area (Å²) in [5.74, 6) is 0. The van der Waals surface area contributed by atoms with Crippen molar-refractivity contribution < 1.29 is 4.74 Å². The van der Waals surface area contributed by atoms with Crippen LogP contribution >= 0.6 is 0 Å². The van der Waals surface area contributed by atoms with Gasteiger partial charge in [-0.3, -0.25) is 0 Å². The van der Waals surface area contributed by atoms with Crippen LogP contribution in [0, 0.1) is 0 Å². The molecule has 0 saturated heterocycles. The summed E-state index contributed by atoms with van der Waals surface area (Å²) in [5, 5.41) is 3.58. The van der Waals surface area contributed by atoms with Crippen LogP contribution in [0.4, 0.5) is 0 Å². The van der Waals surface area contributed by atoms with Crippen LogP contribution in [0.15, 0.2) is 54.6 Å². The summed E-state index contributed by atoms with van der Waals surface area (Å²) < 4.78 is 6.11. The molecule has 1 heterocycles. The maximum absolute atomic E-state index is 6.11. The predicted octanol–water partition coefficient (Wildman–Crippen LogP) is 3.65. The second kappa shape index (κ2) is 6.21. The van der Waals surface area contributed by atoms with Crippen molar-refractivity contribution in [1.82, 2.24) is 5.32 Å². The van der Waals surface area contributed by atoms with Gasteiger partial charge in [-0.25, -0.2) is 0 Å². The van der Waals surface area contributed by atoms with Gasteiger partial charge in [0.05, 0.1) is 12.6 Å². The smallest absolute Gasteiger partial charge is 0.102 e. The Morgan fingerprint density at radius 1 is 1.10 bits per heavy atom. The molecule has 2 aromatic carbocycles. The van der Waals surface area contributed by atoms with Gasteiger partial charge in [0.15, 0.2) is 0 Å². The molecule has 0 amide bonds. The van der Waals surface area contributed by atoms with Crippen molar-refractivity contribution in [2.24, 2.45) is 0 Å². The molecule has 2 heteroatoms. The number of hydrogen-bond donors (Lipinski definition) is 1. The molecule has 1 N–H and O–H groups in total. The number of ether oxygens (including phenoxy) is 1. The van der Waals surface area contributed by atoms with E-state index in [2.05, 4.69) is 66.8 Å². The highest BCUT2D eigenvalue weighted by Crippen LogP contribution is 2.36. The largest absolute Gasteiger partial charge is 0.371 e. The lowest BCUT2D eigenvalue weighted by atomic mass is 9.90. The van der Waals surface area contributed by atoms with Gasteiger partial charge in [-0.1, -0.05) is 61.5 Å². The van der Waals surface area contributed by atoms with Crippen LogP contribution in [0.25, 0.3) is 0 Å². The molecule has 2 atom stereocenters. The number of likely N-dealkylation sites (N-methyl/N-ethyl adjacent to an activating group) is 1. The van der Waals surface area contributed by atoms with Gasteiger partial charge in [-0.05, 0) is 29.7 Å². The number of nitrogens with one attached hydrogen (secondary N) is 1. The quantitative estimate of drug-likeness (QED) is 0.913. The van der Waals surface area contributed by atoms with Gasteiger partial charge in [0, 0.05) is 0 Å². The highest BCUT2D eigenvalue weighted by molar-refractivity contribution is 5.34. The Hall–Kier alpha value is -1.64. The lowest BCUT2D eigenvalue weighted by Crippen LogP contribution is -2.31. The monoisotopic (exact) mass is 267 g/mol. The first-order valence-corrected chi connectivity index (χ1v) is 7.38. The van der Waals surface area contributed by atoms with E-state index in [4.69, 9.17) is 4.74 Å². The highest BCUT2D eigenvalue weighted by Gasteiger charge is 2.29. The van der Waals surface area contributed by atoms with Crippen molar-refractivity contribution in [3.63, 3.8) is 0 Å². The van der Waals surface area contributed by atoms with Crippen LogP contribution in [-0.4, -0.2) is 13.2 Å². The summed E-state index contributed by atoms with van der Waals surface area (Å²) in [6, 6.07) is 19.4. The molecular formula is C18H21NO. The standard InChI is InChI=1S/C18H21NO/c1-2-19-17(15-9-4-3-5-10-15)18-16-11-7-6-8-14(16)12-13-20-18/h3-11,17-19H,2,12-13H2,1H3. The second-order valence-electron chi connectivity index (χ2n) is 5.19. The molecule has 2 nitrogen and oxygen atoms in total. The summed E-state index contributed by atoms with van der Waals surface area (Å²) in [4.78, 5) is 0. The van der Waals surface area contributed by atoms with Crippen LogP contribution in [0.5, 0.6) is 0 Å². The first-order valence-electron chi connectivity index (χ1n) is 7.38. The Morgan fingerprint density at radius 3 is 2.65 bits per heavy atom. The highest BCUT2D eigenvalue weighted by atomic mass is 16.5. The Labute approximate surface area is 120 Å². The lowest BCUT2D eigenvalue weighted by Gasteiger charge is -2.33. The van der Waals surface area contributed by atoms with E-state index in [9.17, 15) is 0 Å². The van der Waals surface area contributed by atoms with E-state index in [1.54, 1.807) is 0 Å². The number of benzene rings is 2. The van der Waals surface area contributed by atoms with Gasteiger partial charge in [-0.2, -0.15) is 0 Å². The van der Waals surface area contributed by atoms with Crippen LogP contribution < -0.4 is 5.32 Å². The van der Waals surface area contributed by atoms with Crippen molar-refractivity contribution in [2.75, 3.05) is 13.2 Å². The summed E-state index contributed by atoms with van der Waals surface area (Å²) in [5.41, 5.74) is 4.03. The predicted molar refractivity (Wildman–Crippen MR) is 81.7 cm³/mol. The molecule has 0 aliphatic carbocycles. The first-order chi connectivity index (χ1) is 9.90. The van der Waals surface area contributed by atoms with Crippen LogP contribution in [-0.2, 0) is 11.2 Å². The van der Waals surface area contributed by atoms with E-state index in [0.717, 1.165) is 19.6 Å². The van der Waals surface area contributed by atoms with E-state index in [0.29, 0.717) is 0 Å². The SMILES string of the molecule is CCNC(c1ccccc1)C1OCCc2ccccc21. The lowest BCUT2D eigenvalue weighted by molar-refractivity contribution is 0.0151. The van der Waals surface area contributed by atoms with Gasteiger partial charge in [0.2, 0.25) is 0 Å². The van der Waals surface area contributed by atoms with Gasteiger partial charge >= 0.3 is 0 Å². The summed E-state index contributed by atoms with van der Waals surface area (Å²) >= 11 is 0. The van der Waals surface area contributed by atoms with Crippen molar-refractivity contribution in [3.05, 3.63) is 71.3 Å². The fourth-order valence-electron chi connectivity index (χ4n) is 2.98. The minimum atomic E-state index is 0.0994. The third-order valence-electron chi connectivity index (χ3n) is 3.92. The number of rotatable bonds is 4. The molecule has 1 aliphatic heterocycles. The maximum Gasteiger partial charge on any atom is 0.102 e. The summed E-state index contributed by atoms with van der Waals surface area (Å²) in [6.07, 6.45) is 1.11. The number of hydrogen-bond acceptors (Lipinski definition) is 2. The van der Waals surface area contributed by atoms with Crippen LogP contribution in [0.1, 0.15) is 35.8 Å². The first kappa shape index (κ1) is 13.3. The van der Waals surface area contributed by atoms with Gasteiger partial charge in [0.1, 0.15) is 6.10 Å². The fraction of sp³-hybridized carbons (Fsp3) is 0.333. The fourth-order valence-corrected chi connectivity index (χ4v) is 2.98. The van der Waals surface area contributed by atoms with E-state index < -0.39 is 0 Å². The zero-order chi connectivity index (χ0) is 13.8. The Morgan fingerprint density at radius 2 is 1.85 bits per heavy atom. The van der Waals surface area contributed by atoms with E-state index in [1.807, 2.05) is 0 Å². The molecule has 1 aliphatic rings. The molecule has 0 aromatic heterocycles. The topological polar surface area (TPSA) is 21.3 Å². The molecule has 104 valence electrons. The molecule has 2 unspecified atom stereocenters.